The SMILES string of the molecule is COC1CCC(CN2CCN(C)CC2)c2cc(F)ccc2N1C(=O)c1ccc(NC(=O)c2ccccc2C)cc1. The summed E-state index contributed by atoms with van der Waals surface area (Å²) in [6, 6.07) is 19.0. The van der Waals surface area contributed by atoms with Crippen molar-refractivity contribution in [3.63, 3.8) is 0 Å². The minimum Gasteiger partial charge on any atom is -0.361 e. The molecule has 2 unspecified atom stereocenters. The summed E-state index contributed by atoms with van der Waals surface area (Å²) in [4.78, 5) is 33.1. The van der Waals surface area contributed by atoms with Gasteiger partial charge < -0.3 is 19.9 Å². The average molecular weight is 545 g/mol. The summed E-state index contributed by atoms with van der Waals surface area (Å²) in [5.74, 6) is -0.647. The number of hydrogen-bond acceptors (Lipinski definition) is 5. The van der Waals surface area contributed by atoms with Gasteiger partial charge in [-0.2, -0.15) is 0 Å². The van der Waals surface area contributed by atoms with E-state index < -0.39 is 6.23 Å². The number of hydrogen-bond donors (Lipinski definition) is 1. The standard InChI is InChI=1S/C32H37FN4O3/c1-22-6-4-5-7-27(22)31(38)34-26-12-8-23(9-13-26)32(39)37-29-14-11-25(33)20-28(29)24(10-15-30(37)40-3)21-36-18-16-35(2)17-19-36/h4-9,11-14,20,24,30H,10,15-19,21H2,1-3H3,(H,34,38). The highest BCUT2D eigenvalue weighted by Gasteiger charge is 2.35. The molecule has 0 saturated carbocycles. The van der Waals surface area contributed by atoms with E-state index in [0.717, 1.165) is 50.3 Å². The molecule has 0 aliphatic carbocycles. The molecular weight excluding hydrogens is 507 g/mol. The van der Waals surface area contributed by atoms with Gasteiger partial charge in [0.15, 0.2) is 0 Å². The number of methoxy groups -OCH3 is 1. The second-order valence-electron chi connectivity index (χ2n) is 10.8. The van der Waals surface area contributed by atoms with Gasteiger partial charge in [-0.15, -0.1) is 0 Å². The monoisotopic (exact) mass is 544 g/mol. The van der Waals surface area contributed by atoms with Crippen LogP contribution in [0.3, 0.4) is 0 Å². The van der Waals surface area contributed by atoms with Crippen LogP contribution in [-0.4, -0.2) is 74.7 Å². The summed E-state index contributed by atoms with van der Waals surface area (Å²) in [5.41, 5.74) is 4.08. The number of carbonyl (C=O) groups is 2. The van der Waals surface area contributed by atoms with E-state index >= 15 is 0 Å². The number of amides is 2. The molecular formula is C32H37FN4O3. The van der Waals surface area contributed by atoms with Crippen LogP contribution >= 0.6 is 0 Å². The van der Waals surface area contributed by atoms with Gasteiger partial charge in [0.1, 0.15) is 12.0 Å². The fourth-order valence-electron chi connectivity index (χ4n) is 5.71. The number of carbonyl (C=O) groups excluding carboxylic acids is 2. The molecule has 2 aliphatic rings. The van der Waals surface area contributed by atoms with Crippen LogP contribution in [0, 0.1) is 12.7 Å². The number of likely N-dealkylation sites (N-methyl/N-ethyl adjacent to an activating group) is 1. The van der Waals surface area contributed by atoms with E-state index in [1.54, 1.807) is 54.5 Å². The highest BCUT2D eigenvalue weighted by atomic mass is 19.1. The molecule has 0 spiro atoms. The van der Waals surface area contributed by atoms with Crippen molar-refractivity contribution in [2.75, 3.05) is 57.1 Å². The van der Waals surface area contributed by atoms with Gasteiger partial charge in [0.2, 0.25) is 0 Å². The number of nitrogens with one attached hydrogen (secondary N) is 1. The summed E-state index contributed by atoms with van der Waals surface area (Å²) in [7, 11) is 3.74. The molecule has 1 fully saturated rings. The quantitative estimate of drug-likeness (QED) is 0.466. The fourth-order valence-corrected chi connectivity index (χ4v) is 5.71. The molecule has 210 valence electrons. The Hall–Kier alpha value is -3.59. The number of fused-ring (bicyclic) bond motifs is 1. The maximum atomic E-state index is 14.6. The number of rotatable bonds is 6. The first-order chi connectivity index (χ1) is 19.3. The second-order valence-corrected chi connectivity index (χ2v) is 10.8. The van der Waals surface area contributed by atoms with E-state index in [-0.39, 0.29) is 23.5 Å². The number of nitrogens with zero attached hydrogens (tertiary/aromatic N) is 3. The van der Waals surface area contributed by atoms with Crippen molar-refractivity contribution >= 4 is 23.2 Å². The Morgan fingerprint density at radius 2 is 1.70 bits per heavy atom. The summed E-state index contributed by atoms with van der Waals surface area (Å²) >= 11 is 0. The van der Waals surface area contributed by atoms with Crippen molar-refractivity contribution in [2.45, 2.75) is 31.9 Å². The van der Waals surface area contributed by atoms with Crippen LogP contribution in [0.2, 0.25) is 0 Å². The Balaban J connectivity index is 1.39. The average Bonchev–Trinajstić information content (AvgIpc) is 3.10. The van der Waals surface area contributed by atoms with Crippen molar-refractivity contribution in [2.24, 2.45) is 0 Å². The molecule has 0 bridgehead atoms. The van der Waals surface area contributed by atoms with Gasteiger partial charge in [-0.3, -0.25) is 14.5 Å². The number of benzene rings is 3. The number of anilines is 2. The lowest BCUT2D eigenvalue weighted by Crippen LogP contribution is -2.45. The lowest BCUT2D eigenvalue weighted by atomic mass is 9.93. The van der Waals surface area contributed by atoms with E-state index in [1.807, 2.05) is 25.1 Å². The first-order valence-electron chi connectivity index (χ1n) is 13.9. The van der Waals surface area contributed by atoms with Crippen molar-refractivity contribution < 1.29 is 18.7 Å². The Kier molecular flexibility index (Phi) is 8.59. The topological polar surface area (TPSA) is 65.1 Å². The number of halogens is 1. The van der Waals surface area contributed by atoms with Crippen LogP contribution in [0.5, 0.6) is 0 Å². The van der Waals surface area contributed by atoms with Crippen LogP contribution < -0.4 is 10.2 Å². The summed E-state index contributed by atoms with van der Waals surface area (Å²) in [6.45, 7) is 6.67. The maximum absolute atomic E-state index is 14.6. The van der Waals surface area contributed by atoms with Gasteiger partial charge in [0.05, 0.1) is 5.69 Å². The number of ether oxygens (including phenoxy) is 1. The molecule has 7 nitrogen and oxygen atoms in total. The first-order valence-corrected chi connectivity index (χ1v) is 13.9. The van der Waals surface area contributed by atoms with Crippen LogP contribution in [0.4, 0.5) is 15.8 Å². The minimum absolute atomic E-state index is 0.0867. The van der Waals surface area contributed by atoms with Crippen LogP contribution in [0.25, 0.3) is 0 Å². The van der Waals surface area contributed by atoms with Crippen molar-refractivity contribution in [1.29, 1.82) is 0 Å². The Bertz CT molecular complexity index is 1350. The van der Waals surface area contributed by atoms with Gasteiger partial charge in [-0.05, 0) is 92.4 Å². The van der Waals surface area contributed by atoms with Gasteiger partial charge in [-0.1, -0.05) is 18.2 Å². The second kappa shape index (κ2) is 12.3. The summed E-state index contributed by atoms with van der Waals surface area (Å²) in [6.07, 6.45) is 0.950. The van der Waals surface area contributed by atoms with Crippen LogP contribution in [0.15, 0.2) is 66.7 Å². The van der Waals surface area contributed by atoms with E-state index in [9.17, 15) is 14.0 Å². The molecule has 8 heteroatoms. The molecule has 40 heavy (non-hydrogen) atoms. The zero-order valence-electron chi connectivity index (χ0n) is 23.4. The highest BCUT2D eigenvalue weighted by molar-refractivity contribution is 6.08. The van der Waals surface area contributed by atoms with Crippen LogP contribution in [0.1, 0.15) is 50.6 Å². The minimum atomic E-state index is -0.477. The third kappa shape index (κ3) is 6.09. The van der Waals surface area contributed by atoms with Crippen molar-refractivity contribution in [1.82, 2.24) is 9.80 Å². The molecule has 5 rings (SSSR count). The highest BCUT2D eigenvalue weighted by Crippen LogP contribution is 2.39. The Morgan fingerprint density at radius 3 is 2.40 bits per heavy atom. The van der Waals surface area contributed by atoms with Gasteiger partial charge in [0.25, 0.3) is 11.8 Å². The molecule has 3 aromatic carbocycles. The summed E-state index contributed by atoms with van der Waals surface area (Å²) < 4.78 is 20.4. The third-order valence-corrected chi connectivity index (χ3v) is 8.08. The van der Waals surface area contributed by atoms with Crippen LogP contribution in [-0.2, 0) is 4.74 Å². The normalized spacial score (nSPS) is 20.1. The molecule has 1 saturated heterocycles. The molecule has 0 radical (unpaired) electrons. The predicted molar refractivity (Wildman–Crippen MR) is 155 cm³/mol. The zero-order valence-corrected chi connectivity index (χ0v) is 23.4. The van der Waals surface area contributed by atoms with E-state index in [2.05, 4.69) is 22.2 Å². The zero-order chi connectivity index (χ0) is 28.2. The number of piperazine rings is 1. The fraction of sp³-hybridized carbons (Fsp3) is 0.375. The smallest absolute Gasteiger partial charge is 0.260 e. The number of aryl methyl sites for hydroxylation is 1. The predicted octanol–water partition coefficient (Wildman–Crippen LogP) is 5.13. The van der Waals surface area contributed by atoms with E-state index in [1.165, 1.54) is 6.07 Å². The van der Waals surface area contributed by atoms with E-state index in [0.29, 0.717) is 28.9 Å². The lowest BCUT2D eigenvalue weighted by Gasteiger charge is -2.35. The molecule has 2 aliphatic heterocycles. The Labute approximate surface area is 235 Å². The van der Waals surface area contributed by atoms with Gasteiger partial charge in [-0.25, -0.2) is 4.39 Å². The lowest BCUT2D eigenvalue weighted by molar-refractivity contribution is 0.0700. The van der Waals surface area contributed by atoms with Gasteiger partial charge in [0, 0.05) is 56.6 Å². The van der Waals surface area contributed by atoms with Crippen molar-refractivity contribution in [3.8, 4) is 0 Å². The third-order valence-electron chi connectivity index (χ3n) is 8.08. The first kappa shape index (κ1) is 28.0. The Morgan fingerprint density at radius 1 is 0.975 bits per heavy atom. The van der Waals surface area contributed by atoms with Gasteiger partial charge >= 0.3 is 0 Å². The summed E-state index contributed by atoms with van der Waals surface area (Å²) in [5, 5.41) is 2.91. The van der Waals surface area contributed by atoms with Crippen molar-refractivity contribution in [3.05, 3.63) is 94.8 Å². The molecule has 0 aromatic heterocycles. The van der Waals surface area contributed by atoms with E-state index in [4.69, 9.17) is 4.74 Å². The molecule has 2 heterocycles. The largest absolute Gasteiger partial charge is 0.361 e. The molecule has 2 amide bonds. The molecule has 1 N–H and O–H groups in total. The molecule has 3 aromatic rings. The maximum Gasteiger partial charge on any atom is 0.260 e. The molecule has 2 atom stereocenters.